The predicted molar refractivity (Wildman–Crippen MR) is 104 cm³/mol. The molecule has 3 N–H and O–H groups in total. The summed E-state index contributed by atoms with van der Waals surface area (Å²) in [5.41, 5.74) is 9.96. The van der Waals surface area contributed by atoms with E-state index in [-0.39, 0.29) is 11.9 Å². The van der Waals surface area contributed by atoms with Gasteiger partial charge in [0.2, 0.25) is 0 Å². The lowest BCUT2D eigenvalue weighted by atomic mass is 10.1. The number of rotatable bonds is 3. The Labute approximate surface area is 151 Å². The van der Waals surface area contributed by atoms with E-state index >= 15 is 0 Å². The molecule has 4 nitrogen and oxygen atoms in total. The van der Waals surface area contributed by atoms with Crippen LogP contribution in [-0.4, -0.2) is 16.9 Å². The van der Waals surface area contributed by atoms with Gasteiger partial charge in [0.1, 0.15) is 9.71 Å². The van der Waals surface area contributed by atoms with Gasteiger partial charge < -0.3 is 11.1 Å². The number of anilines is 1. The quantitative estimate of drug-likeness (QED) is 0.728. The molecule has 3 aromatic rings. The number of hydrogen-bond donors (Lipinski definition) is 2. The number of aryl methyl sites for hydroxylation is 1. The van der Waals surface area contributed by atoms with Crippen LogP contribution >= 0.6 is 11.3 Å². The summed E-state index contributed by atoms with van der Waals surface area (Å²) in [6, 6.07) is 12.5. The van der Waals surface area contributed by atoms with Crippen LogP contribution in [0.1, 0.15) is 40.9 Å². The first-order chi connectivity index (χ1) is 12.1. The minimum Gasteiger partial charge on any atom is -0.397 e. The number of aromatic nitrogens is 1. The molecule has 0 aliphatic heterocycles. The Kier molecular flexibility index (Phi) is 4.17. The Hall–Kier alpha value is -2.40. The number of fused-ring (bicyclic) bond motifs is 1. The van der Waals surface area contributed by atoms with Crippen molar-refractivity contribution in [3.63, 3.8) is 0 Å². The lowest BCUT2D eigenvalue weighted by Gasteiger charge is -2.10. The number of thiophene rings is 1. The van der Waals surface area contributed by atoms with E-state index in [1.165, 1.54) is 29.7 Å². The van der Waals surface area contributed by atoms with Crippen LogP contribution in [0.25, 0.3) is 21.5 Å². The van der Waals surface area contributed by atoms with Gasteiger partial charge in [0.25, 0.3) is 5.91 Å². The van der Waals surface area contributed by atoms with Crippen molar-refractivity contribution >= 4 is 33.1 Å². The highest BCUT2D eigenvalue weighted by Crippen LogP contribution is 2.34. The number of benzene rings is 1. The summed E-state index contributed by atoms with van der Waals surface area (Å²) in [6.07, 6.45) is 4.50. The molecular weight excluding hydrogens is 330 g/mol. The molecule has 1 aromatic carbocycles. The molecule has 128 valence electrons. The Bertz CT molecular complexity index is 924. The van der Waals surface area contributed by atoms with Gasteiger partial charge in [0.05, 0.1) is 11.4 Å². The fourth-order valence-electron chi connectivity index (χ4n) is 3.37. The number of pyridine rings is 1. The summed E-state index contributed by atoms with van der Waals surface area (Å²) in [5, 5.41) is 3.97. The van der Waals surface area contributed by atoms with Crippen molar-refractivity contribution < 1.29 is 4.79 Å². The second-order valence-corrected chi connectivity index (χ2v) is 7.71. The fourth-order valence-corrected chi connectivity index (χ4v) is 4.37. The number of amides is 1. The van der Waals surface area contributed by atoms with Crippen molar-refractivity contribution in [3.8, 4) is 11.3 Å². The number of nitrogens with zero attached hydrogens (tertiary/aromatic N) is 1. The topological polar surface area (TPSA) is 68.0 Å². The number of nitrogen functional groups attached to an aromatic ring is 1. The summed E-state index contributed by atoms with van der Waals surface area (Å²) in [6.45, 7) is 2.07. The minimum absolute atomic E-state index is 0.0655. The van der Waals surface area contributed by atoms with Crippen LogP contribution in [0.15, 0.2) is 36.4 Å². The maximum absolute atomic E-state index is 12.6. The fraction of sp³-hybridized carbons (Fsp3) is 0.300. The lowest BCUT2D eigenvalue weighted by molar-refractivity contribution is 0.0943. The third kappa shape index (κ3) is 3.12. The monoisotopic (exact) mass is 351 g/mol. The van der Waals surface area contributed by atoms with Crippen LogP contribution in [-0.2, 0) is 0 Å². The molecule has 4 rings (SSSR count). The van der Waals surface area contributed by atoms with Crippen molar-refractivity contribution in [1.82, 2.24) is 10.3 Å². The molecule has 0 bridgehead atoms. The molecule has 25 heavy (non-hydrogen) atoms. The third-order valence-electron chi connectivity index (χ3n) is 4.84. The maximum Gasteiger partial charge on any atom is 0.263 e. The number of nitrogens with two attached hydrogens (primary N) is 1. The first kappa shape index (κ1) is 16.1. The van der Waals surface area contributed by atoms with Gasteiger partial charge in [-0.3, -0.25) is 4.79 Å². The molecule has 0 saturated heterocycles. The predicted octanol–water partition coefficient (Wildman–Crippen LogP) is 4.53. The van der Waals surface area contributed by atoms with Gasteiger partial charge in [0, 0.05) is 17.0 Å². The van der Waals surface area contributed by atoms with Gasteiger partial charge in [-0.05, 0) is 31.9 Å². The number of hydrogen-bond acceptors (Lipinski definition) is 4. The highest BCUT2D eigenvalue weighted by molar-refractivity contribution is 7.21. The summed E-state index contributed by atoms with van der Waals surface area (Å²) >= 11 is 1.38. The van der Waals surface area contributed by atoms with E-state index in [1.807, 2.05) is 12.1 Å². The Morgan fingerprint density at radius 3 is 2.60 bits per heavy atom. The molecule has 0 atom stereocenters. The molecule has 0 spiro atoms. The summed E-state index contributed by atoms with van der Waals surface area (Å²) in [5.74, 6) is -0.0655. The lowest BCUT2D eigenvalue weighted by Crippen LogP contribution is -2.32. The highest BCUT2D eigenvalue weighted by atomic mass is 32.1. The average Bonchev–Trinajstić information content (AvgIpc) is 3.23. The molecule has 1 saturated carbocycles. The van der Waals surface area contributed by atoms with Crippen molar-refractivity contribution in [1.29, 1.82) is 0 Å². The van der Waals surface area contributed by atoms with Crippen LogP contribution in [0.4, 0.5) is 5.69 Å². The third-order valence-corrected chi connectivity index (χ3v) is 5.95. The molecule has 1 aliphatic carbocycles. The summed E-state index contributed by atoms with van der Waals surface area (Å²) < 4.78 is 0. The van der Waals surface area contributed by atoms with E-state index in [0.29, 0.717) is 10.6 Å². The number of carbonyl (C=O) groups is 1. The molecule has 0 unspecified atom stereocenters. The average molecular weight is 351 g/mol. The van der Waals surface area contributed by atoms with E-state index in [0.717, 1.165) is 34.3 Å². The molecule has 2 aromatic heterocycles. The second-order valence-electron chi connectivity index (χ2n) is 6.71. The molecule has 1 aliphatic rings. The molecule has 5 heteroatoms. The second kappa shape index (κ2) is 6.48. The summed E-state index contributed by atoms with van der Waals surface area (Å²) in [4.78, 5) is 18.7. The van der Waals surface area contributed by atoms with E-state index < -0.39 is 0 Å². The zero-order chi connectivity index (χ0) is 17.4. The SMILES string of the molecule is Cc1ccc(-c2ccc3c(N)c(C(=O)NC4CCCC4)sc3n2)cc1. The van der Waals surface area contributed by atoms with Crippen LogP contribution in [0, 0.1) is 6.92 Å². The minimum atomic E-state index is -0.0655. The number of carbonyl (C=O) groups excluding carboxylic acids is 1. The van der Waals surface area contributed by atoms with E-state index in [2.05, 4.69) is 36.5 Å². The smallest absolute Gasteiger partial charge is 0.263 e. The first-order valence-corrected chi connectivity index (χ1v) is 9.50. The molecule has 1 amide bonds. The Morgan fingerprint density at radius 1 is 1.16 bits per heavy atom. The van der Waals surface area contributed by atoms with Crippen LogP contribution in [0.3, 0.4) is 0 Å². The van der Waals surface area contributed by atoms with Crippen LogP contribution in [0.5, 0.6) is 0 Å². The van der Waals surface area contributed by atoms with Crippen LogP contribution in [0.2, 0.25) is 0 Å². The molecule has 2 heterocycles. The zero-order valence-electron chi connectivity index (χ0n) is 14.2. The van der Waals surface area contributed by atoms with Crippen molar-refractivity contribution in [3.05, 3.63) is 46.8 Å². The molecule has 0 radical (unpaired) electrons. The van der Waals surface area contributed by atoms with Crippen molar-refractivity contribution in [2.24, 2.45) is 0 Å². The zero-order valence-corrected chi connectivity index (χ0v) is 15.0. The van der Waals surface area contributed by atoms with Crippen LogP contribution < -0.4 is 11.1 Å². The van der Waals surface area contributed by atoms with E-state index in [9.17, 15) is 4.79 Å². The molecular formula is C20H21N3OS. The molecule has 1 fully saturated rings. The van der Waals surface area contributed by atoms with Gasteiger partial charge in [-0.25, -0.2) is 4.98 Å². The summed E-state index contributed by atoms with van der Waals surface area (Å²) in [7, 11) is 0. The normalized spacial score (nSPS) is 14.9. The van der Waals surface area contributed by atoms with Gasteiger partial charge >= 0.3 is 0 Å². The van der Waals surface area contributed by atoms with E-state index in [1.54, 1.807) is 0 Å². The highest BCUT2D eigenvalue weighted by Gasteiger charge is 2.22. The van der Waals surface area contributed by atoms with Gasteiger partial charge in [0.15, 0.2) is 0 Å². The van der Waals surface area contributed by atoms with Gasteiger partial charge in [-0.15, -0.1) is 11.3 Å². The Balaban J connectivity index is 1.66. The van der Waals surface area contributed by atoms with Gasteiger partial charge in [-0.2, -0.15) is 0 Å². The Morgan fingerprint density at radius 2 is 1.88 bits per heavy atom. The first-order valence-electron chi connectivity index (χ1n) is 8.69. The van der Waals surface area contributed by atoms with E-state index in [4.69, 9.17) is 10.7 Å². The largest absolute Gasteiger partial charge is 0.397 e. The van der Waals surface area contributed by atoms with Crippen molar-refractivity contribution in [2.75, 3.05) is 5.73 Å². The van der Waals surface area contributed by atoms with Crippen molar-refractivity contribution in [2.45, 2.75) is 38.6 Å². The maximum atomic E-state index is 12.6. The van der Waals surface area contributed by atoms with Gasteiger partial charge in [-0.1, -0.05) is 42.7 Å². The number of nitrogens with one attached hydrogen (secondary N) is 1. The standard InChI is InChI=1S/C20H21N3OS/c1-12-6-8-13(9-7-12)16-11-10-15-17(21)18(25-20(15)23-16)19(24)22-14-4-2-3-5-14/h6-11,14H,2-5,21H2,1H3,(H,22,24).